The molecule has 2 aromatic carbocycles. The highest BCUT2D eigenvalue weighted by Crippen LogP contribution is 2.27. The first-order chi connectivity index (χ1) is 12.4. The van der Waals surface area contributed by atoms with Crippen LogP contribution in [0.1, 0.15) is 18.1 Å². The third-order valence-corrected chi connectivity index (χ3v) is 4.40. The highest BCUT2D eigenvalue weighted by molar-refractivity contribution is 6.31. The van der Waals surface area contributed by atoms with Crippen LogP contribution < -0.4 is 19.5 Å². The predicted molar refractivity (Wildman–Crippen MR) is 103 cm³/mol. The Hall–Kier alpha value is -2.40. The minimum Gasteiger partial charge on any atom is -0.493 e. The summed E-state index contributed by atoms with van der Waals surface area (Å²) in [5, 5.41) is 3.55. The largest absolute Gasteiger partial charge is 0.493 e. The number of carbonyl (C=O) groups is 1. The second kappa shape index (κ2) is 9.34. The molecule has 0 bridgehead atoms. The first-order valence-corrected chi connectivity index (χ1v) is 8.73. The highest BCUT2D eigenvalue weighted by atomic mass is 35.5. The predicted octanol–water partition coefficient (Wildman–Crippen LogP) is 3.79. The van der Waals surface area contributed by atoms with Crippen LogP contribution in [0.3, 0.4) is 0 Å². The lowest BCUT2D eigenvalue weighted by Crippen LogP contribution is -2.37. The number of benzene rings is 2. The summed E-state index contributed by atoms with van der Waals surface area (Å²) in [5.41, 5.74) is 1.95. The van der Waals surface area contributed by atoms with Gasteiger partial charge in [0.1, 0.15) is 5.75 Å². The third kappa shape index (κ3) is 5.30. The molecule has 0 aliphatic heterocycles. The fourth-order valence-corrected chi connectivity index (χ4v) is 2.58. The molecular weight excluding hydrogens is 354 g/mol. The molecule has 2 aromatic rings. The summed E-state index contributed by atoms with van der Waals surface area (Å²) in [6, 6.07) is 11.0. The molecule has 140 valence electrons. The average Bonchev–Trinajstić information content (AvgIpc) is 2.64. The van der Waals surface area contributed by atoms with E-state index in [1.165, 1.54) is 0 Å². The molecule has 0 saturated carbocycles. The van der Waals surface area contributed by atoms with E-state index in [2.05, 4.69) is 5.32 Å². The monoisotopic (exact) mass is 377 g/mol. The van der Waals surface area contributed by atoms with E-state index >= 15 is 0 Å². The number of ether oxygens (including phenoxy) is 3. The van der Waals surface area contributed by atoms with Crippen LogP contribution in [0.5, 0.6) is 17.2 Å². The summed E-state index contributed by atoms with van der Waals surface area (Å²) in [6.07, 6.45) is 0.0831. The van der Waals surface area contributed by atoms with E-state index in [9.17, 15) is 4.79 Å². The Bertz CT molecular complexity index is 763. The Balaban J connectivity index is 1.85. The first-order valence-electron chi connectivity index (χ1n) is 8.36. The van der Waals surface area contributed by atoms with Crippen LogP contribution in [0.4, 0.5) is 0 Å². The Morgan fingerprint density at radius 1 is 1.12 bits per heavy atom. The fourth-order valence-electron chi connectivity index (χ4n) is 2.46. The molecule has 0 aromatic heterocycles. The molecule has 1 atom stereocenters. The molecule has 0 heterocycles. The molecule has 0 aliphatic rings. The summed E-state index contributed by atoms with van der Waals surface area (Å²) in [6.45, 7) is 4.11. The lowest BCUT2D eigenvalue weighted by molar-refractivity contribution is -0.127. The molecule has 0 unspecified atom stereocenters. The van der Waals surface area contributed by atoms with Crippen LogP contribution in [0.2, 0.25) is 5.02 Å². The minimum absolute atomic E-state index is 0.168. The van der Waals surface area contributed by atoms with Crippen molar-refractivity contribution in [3.05, 3.63) is 52.5 Å². The van der Waals surface area contributed by atoms with Crippen molar-refractivity contribution in [3.63, 3.8) is 0 Å². The molecule has 1 amide bonds. The normalized spacial score (nSPS) is 11.6. The number of carbonyl (C=O) groups excluding carboxylic acids is 1. The number of aryl methyl sites for hydroxylation is 1. The van der Waals surface area contributed by atoms with Gasteiger partial charge in [-0.2, -0.15) is 0 Å². The van der Waals surface area contributed by atoms with E-state index in [1.54, 1.807) is 33.3 Å². The van der Waals surface area contributed by atoms with Crippen molar-refractivity contribution in [2.45, 2.75) is 26.4 Å². The van der Waals surface area contributed by atoms with Crippen molar-refractivity contribution >= 4 is 17.5 Å². The number of hydrogen-bond donors (Lipinski definition) is 1. The molecule has 0 saturated heterocycles. The summed E-state index contributed by atoms with van der Waals surface area (Å²) in [7, 11) is 3.20. The standard InChI is InChI=1S/C20H24ClNO4/c1-13-11-16(6-7-17(13)21)26-14(2)20(23)22-10-9-15-5-8-18(24-3)19(12-15)25-4/h5-8,11-12,14H,9-10H2,1-4H3,(H,22,23)/t14-/m1/s1. The van der Waals surface area contributed by atoms with Gasteiger partial charge in [0.25, 0.3) is 5.91 Å². The van der Waals surface area contributed by atoms with Gasteiger partial charge in [-0.25, -0.2) is 0 Å². The zero-order chi connectivity index (χ0) is 19.1. The molecule has 0 spiro atoms. The Morgan fingerprint density at radius 3 is 2.50 bits per heavy atom. The summed E-state index contributed by atoms with van der Waals surface area (Å²) >= 11 is 6.00. The van der Waals surface area contributed by atoms with Crippen LogP contribution >= 0.6 is 11.6 Å². The van der Waals surface area contributed by atoms with Gasteiger partial charge in [-0.05, 0) is 61.7 Å². The van der Waals surface area contributed by atoms with Gasteiger partial charge >= 0.3 is 0 Å². The zero-order valence-electron chi connectivity index (χ0n) is 15.5. The summed E-state index contributed by atoms with van der Waals surface area (Å²) in [5.74, 6) is 1.80. The summed E-state index contributed by atoms with van der Waals surface area (Å²) in [4.78, 5) is 12.2. The molecule has 0 aliphatic carbocycles. The smallest absolute Gasteiger partial charge is 0.260 e. The van der Waals surface area contributed by atoms with Gasteiger partial charge in [-0.1, -0.05) is 17.7 Å². The van der Waals surface area contributed by atoms with E-state index in [-0.39, 0.29) is 5.91 Å². The van der Waals surface area contributed by atoms with E-state index in [0.717, 1.165) is 11.1 Å². The number of rotatable bonds is 8. The van der Waals surface area contributed by atoms with Gasteiger partial charge in [-0.15, -0.1) is 0 Å². The van der Waals surface area contributed by atoms with Crippen molar-refractivity contribution in [1.29, 1.82) is 0 Å². The van der Waals surface area contributed by atoms with E-state index in [4.69, 9.17) is 25.8 Å². The molecule has 0 radical (unpaired) electrons. The van der Waals surface area contributed by atoms with Crippen LogP contribution in [-0.4, -0.2) is 32.8 Å². The second-order valence-electron chi connectivity index (χ2n) is 5.90. The number of hydrogen-bond acceptors (Lipinski definition) is 4. The maximum Gasteiger partial charge on any atom is 0.260 e. The molecule has 6 heteroatoms. The maximum absolute atomic E-state index is 12.2. The maximum atomic E-state index is 12.2. The van der Waals surface area contributed by atoms with Gasteiger partial charge in [-0.3, -0.25) is 4.79 Å². The van der Waals surface area contributed by atoms with Crippen LogP contribution in [0, 0.1) is 6.92 Å². The van der Waals surface area contributed by atoms with Gasteiger partial charge in [0.05, 0.1) is 14.2 Å². The third-order valence-electron chi connectivity index (χ3n) is 3.97. The van der Waals surface area contributed by atoms with Crippen molar-refractivity contribution in [3.8, 4) is 17.2 Å². The fraction of sp³-hybridized carbons (Fsp3) is 0.350. The van der Waals surface area contributed by atoms with E-state index in [0.29, 0.717) is 35.2 Å². The summed E-state index contributed by atoms with van der Waals surface area (Å²) < 4.78 is 16.2. The van der Waals surface area contributed by atoms with Crippen molar-refractivity contribution in [1.82, 2.24) is 5.32 Å². The van der Waals surface area contributed by atoms with E-state index < -0.39 is 6.10 Å². The molecule has 2 rings (SSSR count). The number of nitrogens with one attached hydrogen (secondary N) is 1. The van der Waals surface area contributed by atoms with Crippen molar-refractivity contribution in [2.75, 3.05) is 20.8 Å². The van der Waals surface area contributed by atoms with Gasteiger partial charge in [0, 0.05) is 11.6 Å². The van der Waals surface area contributed by atoms with Gasteiger partial charge < -0.3 is 19.5 Å². The van der Waals surface area contributed by atoms with Crippen LogP contribution in [-0.2, 0) is 11.2 Å². The van der Waals surface area contributed by atoms with Crippen LogP contribution in [0.15, 0.2) is 36.4 Å². The minimum atomic E-state index is -0.596. The second-order valence-corrected chi connectivity index (χ2v) is 6.31. The van der Waals surface area contributed by atoms with Crippen LogP contribution in [0.25, 0.3) is 0 Å². The highest BCUT2D eigenvalue weighted by Gasteiger charge is 2.14. The molecule has 5 nitrogen and oxygen atoms in total. The Labute approximate surface area is 159 Å². The Kier molecular flexibility index (Phi) is 7.16. The molecule has 0 fully saturated rings. The molecule has 26 heavy (non-hydrogen) atoms. The van der Waals surface area contributed by atoms with Crippen molar-refractivity contribution in [2.24, 2.45) is 0 Å². The average molecular weight is 378 g/mol. The van der Waals surface area contributed by atoms with Crippen molar-refractivity contribution < 1.29 is 19.0 Å². The quantitative estimate of drug-likeness (QED) is 0.760. The first kappa shape index (κ1) is 19.9. The topological polar surface area (TPSA) is 56.8 Å². The van der Waals surface area contributed by atoms with Gasteiger partial charge in [0.15, 0.2) is 17.6 Å². The lowest BCUT2D eigenvalue weighted by atomic mass is 10.1. The Morgan fingerprint density at radius 2 is 1.85 bits per heavy atom. The number of amides is 1. The molecule has 1 N–H and O–H groups in total. The number of halogens is 1. The van der Waals surface area contributed by atoms with E-state index in [1.807, 2.05) is 31.2 Å². The lowest BCUT2D eigenvalue weighted by Gasteiger charge is -2.15. The van der Waals surface area contributed by atoms with Gasteiger partial charge in [0.2, 0.25) is 0 Å². The SMILES string of the molecule is COc1ccc(CCNC(=O)[C@@H](C)Oc2ccc(Cl)c(C)c2)cc1OC. The number of methoxy groups -OCH3 is 2. The molecular formula is C20H24ClNO4. The zero-order valence-corrected chi connectivity index (χ0v) is 16.2.